The van der Waals surface area contributed by atoms with Crippen molar-refractivity contribution in [3.63, 3.8) is 0 Å². The first-order valence-electron chi connectivity index (χ1n) is 5.10. The fourth-order valence-corrected chi connectivity index (χ4v) is 1.43. The summed E-state index contributed by atoms with van der Waals surface area (Å²) >= 11 is 0. The van der Waals surface area contributed by atoms with Crippen LogP contribution in [0.25, 0.3) is 0 Å². The Bertz CT molecular complexity index is 387. The second-order valence-corrected chi connectivity index (χ2v) is 4.10. The maximum atomic E-state index is 5.71. The molecule has 15 heavy (non-hydrogen) atoms. The number of nitrogens with zero attached hydrogens (tertiary/aromatic N) is 2. The van der Waals surface area contributed by atoms with Crippen LogP contribution < -0.4 is 5.59 Å². The Hall–Kier alpha value is -1.23. The van der Waals surface area contributed by atoms with Gasteiger partial charge < -0.3 is 9.31 Å². The van der Waals surface area contributed by atoms with Gasteiger partial charge in [0.05, 0.1) is 5.76 Å². The Morgan fingerprint density at radius 2 is 2.33 bits per heavy atom. The lowest BCUT2D eigenvalue weighted by molar-refractivity contribution is 0.173. The molecule has 0 amide bonds. The second kappa shape index (κ2) is 3.41. The first-order valence-corrected chi connectivity index (χ1v) is 5.10. The van der Waals surface area contributed by atoms with Crippen LogP contribution in [-0.2, 0) is 15.9 Å². The van der Waals surface area contributed by atoms with E-state index in [9.17, 15) is 0 Å². The van der Waals surface area contributed by atoms with Crippen LogP contribution in [0.3, 0.4) is 0 Å². The van der Waals surface area contributed by atoms with Gasteiger partial charge in [-0.3, -0.25) is 4.68 Å². The van der Waals surface area contributed by atoms with E-state index in [1.54, 1.807) is 0 Å². The maximum Gasteiger partial charge on any atom is 0.585 e. The standard InChI is InChI=1S/C10H15BN2O2/c1-5-13-7-6-9(12-13)11-14-8(2)10(3,4)15-11/h6-7H,2,5H2,1,3-4H3. The molecular weight excluding hydrogens is 191 g/mol. The van der Waals surface area contributed by atoms with Crippen molar-refractivity contribution >= 4 is 12.7 Å². The number of aryl methyl sites for hydroxylation is 1. The summed E-state index contributed by atoms with van der Waals surface area (Å²) in [6.45, 7) is 10.6. The van der Waals surface area contributed by atoms with E-state index in [0.29, 0.717) is 5.76 Å². The van der Waals surface area contributed by atoms with Gasteiger partial charge in [-0.05, 0) is 26.8 Å². The Balaban J connectivity index is 2.17. The van der Waals surface area contributed by atoms with E-state index >= 15 is 0 Å². The molecule has 1 aromatic rings. The number of hydrogen-bond acceptors (Lipinski definition) is 3. The summed E-state index contributed by atoms with van der Waals surface area (Å²) in [6, 6.07) is 1.91. The van der Waals surface area contributed by atoms with Crippen molar-refractivity contribution in [2.75, 3.05) is 0 Å². The van der Waals surface area contributed by atoms with Crippen molar-refractivity contribution in [1.29, 1.82) is 0 Å². The summed E-state index contributed by atoms with van der Waals surface area (Å²) < 4.78 is 13.1. The van der Waals surface area contributed by atoms with Crippen molar-refractivity contribution in [2.24, 2.45) is 0 Å². The first kappa shape index (κ1) is 10.3. The SMILES string of the molecule is C=C1OB(c2ccn(CC)n2)OC1(C)C. The van der Waals surface area contributed by atoms with Gasteiger partial charge >= 0.3 is 7.12 Å². The molecule has 0 radical (unpaired) electrons. The Labute approximate surface area is 90.0 Å². The van der Waals surface area contributed by atoms with E-state index in [-0.39, 0.29) is 0 Å². The minimum absolute atomic E-state index is 0.416. The lowest BCUT2D eigenvalue weighted by Crippen LogP contribution is -2.35. The lowest BCUT2D eigenvalue weighted by atomic mass is 9.85. The van der Waals surface area contributed by atoms with Crippen LogP contribution >= 0.6 is 0 Å². The van der Waals surface area contributed by atoms with E-state index < -0.39 is 12.7 Å². The van der Waals surface area contributed by atoms with Gasteiger partial charge in [0.2, 0.25) is 0 Å². The van der Waals surface area contributed by atoms with Crippen molar-refractivity contribution in [2.45, 2.75) is 32.9 Å². The molecule has 0 unspecified atom stereocenters. The van der Waals surface area contributed by atoms with Crippen LogP contribution in [-0.4, -0.2) is 22.5 Å². The Kier molecular flexibility index (Phi) is 2.34. The number of rotatable bonds is 2. The molecule has 0 spiro atoms. The fraction of sp³-hybridized carbons (Fsp3) is 0.500. The second-order valence-electron chi connectivity index (χ2n) is 4.10. The van der Waals surface area contributed by atoms with E-state index in [4.69, 9.17) is 9.31 Å². The molecule has 5 heteroatoms. The van der Waals surface area contributed by atoms with Crippen molar-refractivity contribution in [1.82, 2.24) is 9.78 Å². The van der Waals surface area contributed by atoms with Gasteiger partial charge in [0.1, 0.15) is 11.2 Å². The molecule has 1 fully saturated rings. The third-order valence-electron chi connectivity index (χ3n) is 2.55. The van der Waals surface area contributed by atoms with Gasteiger partial charge in [-0.25, -0.2) is 0 Å². The molecule has 2 rings (SSSR count). The van der Waals surface area contributed by atoms with Gasteiger partial charge in [0.15, 0.2) is 0 Å². The zero-order valence-electron chi connectivity index (χ0n) is 9.36. The monoisotopic (exact) mass is 206 g/mol. The molecule has 1 saturated heterocycles. The lowest BCUT2D eigenvalue weighted by Gasteiger charge is -2.15. The highest BCUT2D eigenvalue weighted by atomic mass is 16.7. The fourth-order valence-electron chi connectivity index (χ4n) is 1.43. The summed E-state index contributed by atoms with van der Waals surface area (Å²) in [5.41, 5.74) is 0.365. The molecule has 80 valence electrons. The van der Waals surface area contributed by atoms with Gasteiger partial charge in [-0.2, -0.15) is 5.10 Å². The Morgan fingerprint density at radius 3 is 2.80 bits per heavy atom. The van der Waals surface area contributed by atoms with E-state index in [2.05, 4.69) is 11.7 Å². The van der Waals surface area contributed by atoms with E-state index in [1.807, 2.05) is 37.7 Å². The molecular formula is C10H15BN2O2. The highest BCUT2D eigenvalue weighted by Crippen LogP contribution is 2.28. The normalized spacial score (nSPS) is 19.4. The molecule has 0 saturated carbocycles. The number of hydrogen-bond donors (Lipinski definition) is 0. The average Bonchev–Trinajstić information content (AvgIpc) is 2.72. The Morgan fingerprint density at radius 1 is 1.60 bits per heavy atom. The van der Waals surface area contributed by atoms with Crippen LogP contribution in [0, 0.1) is 0 Å². The van der Waals surface area contributed by atoms with Gasteiger partial charge in [-0.15, -0.1) is 0 Å². The van der Waals surface area contributed by atoms with Gasteiger partial charge in [-0.1, -0.05) is 6.58 Å². The van der Waals surface area contributed by atoms with Crippen molar-refractivity contribution in [3.8, 4) is 0 Å². The molecule has 0 N–H and O–H groups in total. The largest absolute Gasteiger partial charge is 0.585 e. The molecule has 1 aliphatic heterocycles. The molecule has 1 aliphatic rings. The summed E-state index contributed by atoms with van der Waals surface area (Å²) in [5, 5.41) is 4.34. The predicted molar refractivity (Wildman–Crippen MR) is 58.7 cm³/mol. The molecule has 0 atom stereocenters. The molecule has 0 bridgehead atoms. The minimum Gasteiger partial charge on any atom is -0.533 e. The summed E-state index contributed by atoms with van der Waals surface area (Å²) in [7, 11) is -0.416. The quantitative estimate of drug-likeness (QED) is 0.675. The van der Waals surface area contributed by atoms with Crippen LogP contribution in [0.1, 0.15) is 20.8 Å². The number of aromatic nitrogens is 2. The summed E-state index contributed by atoms with van der Waals surface area (Å²) in [4.78, 5) is 0. The molecule has 0 aliphatic carbocycles. The first-order chi connectivity index (χ1) is 7.03. The topological polar surface area (TPSA) is 36.3 Å². The third kappa shape index (κ3) is 1.79. The van der Waals surface area contributed by atoms with Gasteiger partial charge in [0, 0.05) is 12.7 Å². The minimum atomic E-state index is -0.430. The van der Waals surface area contributed by atoms with E-state index in [0.717, 1.165) is 12.1 Å². The highest BCUT2D eigenvalue weighted by Gasteiger charge is 2.44. The van der Waals surface area contributed by atoms with E-state index in [1.165, 1.54) is 0 Å². The molecule has 2 heterocycles. The van der Waals surface area contributed by atoms with Crippen LogP contribution in [0.5, 0.6) is 0 Å². The zero-order chi connectivity index (χ0) is 11.1. The average molecular weight is 206 g/mol. The molecule has 1 aromatic heterocycles. The van der Waals surface area contributed by atoms with Gasteiger partial charge in [0.25, 0.3) is 0 Å². The highest BCUT2D eigenvalue weighted by molar-refractivity contribution is 6.61. The van der Waals surface area contributed by atoms with Crippen molar-refractivity contribution < 1.29 is 9.31 Å². The summed E-state index contributed by atoms with van der Waals surface area (Å²) in [6.07, 6.45) is 1.91. The predicted octanol–water partition coefficient (Wildman–Crippen LogP) is 0.937. The van der Waals surface area contributed by atoms with Crippen LogP contribution in [0.4, 0.5) is 0 Å². The van der Waals surface area contributed by atoms with Crippen LogP contribution in [0.15, 0.2) is 24.6 Å². The smallest absolute Gasteiger partial charge is 0.533 e. The zero-order valence-corrected chi connectivity index (χ0v) is 9.36. The van der Waals surface area contributed by atoms with Crippen LogP contribution in [0.2, 0.25) is 0 Å². The third-order valence-corrected chi connectivity index (χ3v) is 2.55. The van der Waals surface area contributed by atoms with Crippen molar-refractivity contribution in [3.05, 3.63) is 24.6 Å². The summed E-state index contributed by atoms with van der Waals surface area (Å²) in [5.74, 6) is 0.651. The maximum absolute atomic E-state index is 5.71. The molecule has 4 nitrogen and oxygen atoms in total. The molecule has 0 aromatic carbocycles.